The van der Waals surface area contributed by atoms with Gasteiger partial charge in [0.15, 0.2) is 5.75 Å². The summed E-state index contributed by atoms with van der Waals surface area (Å²) in [6.45, 7) is 8.61. The first-order chi connectivity index (χ1) is 8.58. The first kappa shape index (κ1) is 13.4. The summed E-state index contributed by atoms with van der Waals surface area (Å²) in [4.78, 5) is 0. The Morgan fingerprint density at radius 3 is 2.78 bits per heavy atom. The molecular weight excluding hydrogens is 226 g/mol. The lowest BCUT2D eigenvalue weighted by Gasteiger charge is -2.26. The van der Waals surface area contributed by atoms with Crippen molar-refractivity contribution in [3.05, 3.63) is 11.9 Å². The fourth-order valence-corrected chi connectivity index (χ4v) is 2.43. The number of aryl methyl sites for hydroxylation is 1. The first-order valence-corrected chi connectivity index (χ1v) is 6.92. The van der Waals surface area contributed by atoms with Crippen LogP contribution in [0.2, 0.25) is 0 Å². The molecule has 1 saturated carbocycles. The average molecular weight is 251 g/mol. The van der Waals surface area contributed by atoms with Gasteiger partial charge in [-0.25, -0.2) is 0 Å². The summed E-state index contributed by atoms with van der Waals surface area (Å²) in [7, 11) is 1.72. The Balaban J connectivity index is 2.07. The lowest BCUT2D eigenvalue weighted by atomic mass is 9.85. The summed E-state index contributed by atoms with van der Waals surface area (Å²) in [6, 6.07) is 0.777. The second kappa shape index (κ2) is 5.31. The zero-order valence-electron chi connectivity index (χ0n) is 12.0. The van der Waals surface area contributed by atoms with Gasteiger partial charge in [-0.15, -0.1) is 0 Å². The van der Waals surface area contributed by atoms with Crippen LogP contribution in [-0.2, 0) is 12.0 Å². The molecule has 0 bridgehead atoms. The summed E-state index contributed by atoms with van der Waals surface area (Å²) >= 11 is 0. The van der Waals surface area contributed by atoms with E-state index in [0.717, 1.165) is 31.3 Å². The molecule has 1 aliphatic rings. The summed E-state index contributed by atoms with van der Waals surface area (Å²) in [5.41, 5.74) is 1.30. The van der Waals surface area contributed by atoms with Crippen molar-refractivity contribution in [3.63, 3.8) is 0 Å². The highest BCUT2D eigenvalue weighted by Gasteiger charge is 2.29. The number of nitrogens with one attached hydrogen (secondary N) is 1. The quantitative estimate of drug-likeness (QED) is 0.808. The smallest absolute Gasteiger partial charge is 0.160 e. The van der Waals surface area contributed by atoms with Crippen molar-refractivity contribution in [3.8, 4) is 5.75 Å². The fraction of sp³-hybridized carbons (Fsp3) is 0.786. The van der Waals surface area contributed by atoms with Gasteiger partial charge in [0.25, 0.3) is 0 Å². The van der Waals surface area contributed by atoms with E-state index in [1.54, 1.807) is 7.11 Å². The zero-order chi connectivity index (χ0) is 13.2. The van der Waals surface area contributed by atoms with Crippen LogP contribution in [0.5, 0.6) is 5.75 Å². The Labute approximate surface area is 110 Å². The van der Waals surface area contributed by atoms with Crippen LogP contribution in [0.3, 0.4) is 0 Å². The molecule has 102 valence electrons. The van der Waals surface area contributed by atoms with Gasteiger partial charge < -0.3 is 10.1 Å². The van der Waals surface area contributed by atoms with E-state index < -0.39 is 0 Å². The molecule has 0 amide bonds. The molecule has 1 heterocycles. The molecule has 0 aromatic carbocycles. The van der Waals surface area contributed by atoms with E-state index in [2.05, 4.69) is 35.9 Å². The zero-order valence-corrected chi connectivity index (χ0v) is 12.0. The van der Waals surface area contributed by atoms with E-state index in [-0.39, 0.29) is 5.41 Å². The van der Waals surface area contributed by atoms with Gasteiger partial charge in [-0.2, -0.15) is 5.10 Å². The van der Waals surface area contributed by atoms with Gasteiger partial charge in [-0.05, 0) is 32.7 Å². The Morgan fingerprint density at radius 1 is 1.50 bits per heavy atom. The molecule has 1 aromatic rings. The van der Waals surface area contributed by atoms with Gasteiger partial charge in [0.1, 0.15) is 0 Å². The SMILES string of the molecule is CCn1ncc(OC)c1C(C)(C)CCNC1CC1. The van der Waals surface area contributed by atoms with Crippen LogP contribution < -0.4 is 10.1 Å². The molecule has 2 rings (SSSR count). The van der Waals surface area contributed by atoms with E-state index in [1.807, 2.05) is 6.20 Å². The Kier molecular flexibility index (Phi) is 3.95. The summed E-state index contributed by atoms with van der Waals surface area (Å²) in [6.07, 6.45) is 5.62. The second-order valence-corrected chi connectivity index (χ2v) is 5.74. The monoisotopic (exact) mass is 251 g/mol. The lowest BCUT2D eigenvalue weighted by Crippen LogP contribution is -2.29. The molecule has 0 spiro atoms. The minimum atomic E-state index is 0.0831. The van der Waals surface area contributed by atoms with Crippen molar-refractivity contribution in [2.75, 3.05) is 13.7 Å². The Hall–Kier alpha value is -1.03. The number of hydrogen-bond acceptors (Lipinski definition) is 3. The van der Waals surface area contributed by atoms with Crippen molar-refractivity contribution < 1.29 is 4.74 Å². The molecule has 0 saturated heterocycles. The third kappa shape index (κ3) is 2.86. The summed E-state index contributed by atoms with van der Waals surface area (Å²) < 4.78 is 7.50. The van der Waals surface area contributed by atoms with Gasteiger partial charge in [0.2, 0.25) is 0 Å². The van der Waals surface area contributed by atoms with E-state index in [9.17, 15) is 0 Å². The van der Waals surface area contributed by atoms with Crippen LogP contribution in [0.1, 0.15) is 45.7 Å². The van der Waals surface area contributed by atoms with E-state index in [0.29, 0.717) is 0 Å². The van der Waals surface area contributed by atoms with Gasteiger partial charge in [-0.1, -0.05) is 13.8 Å². The largest absolute Gasteiger partial charge is 0.493 e. The number of nitrogens with zero attached hydrogens (tertiary/aromatic N) is 2. The van der Waals surface area contributed by atoms with Crippen molar-refractivity contribution in [2.24, 2.45) is 0 Å². The predicted molar refractivity (Wildman–Crippen MR) is 73.1 cm³/mol. The van der Waals surface area contributed by atoms with Gasteiger partial charge in [0.05, 0.1) is 19.0 Å². The van der Waals surface area contributed by atoms with Crippen LogP contribution in [0.25, 0.3) is 0 Å². The minimum Gasteiger partial charge on any atom is -0.493 e. The third-order valence-electron chi connectivity index (χ3n) is 3.73. The number of aromatic nitrogens is 2. The van der Waals surface area contributed by atoms with Crippen molar-refractivity contribution in [2.45, 2.75) is 58.0 Å². The molecule has 0 aliphatic heterocycles. The maximum absolute atomic E-state index is 5.45. The van der Waals surface area contributed by atoms with E-state index in [1.165, 1.54) is 18.5 Å². The number of methoxy groups -OCH3 is 1. The highest BCUT2D eigenvalue weighted by molar-refractivity contribution is 5.31. The lowest BCUT2D eigenvalue weighted by molar-refractivity contribution is 0.366. The third-order valence-corrected chi connectivity index (χ3v) is 3.73. The standard InChI is InChI=1S/C14H25N3O/c1-5-17-13(12(18-4)10-16-17)14(2,3)8-9-15-11-6-7-11/h10-11,15H,5-9H2,1-4H3. The molecule has 1 aliphatic carbocycles. The topological polar surface area (TPSA) is 39.1 Å². The van der Waals surface area contributed by atoms with Gasteiger partial charge >= 0.3 is 0 Å². The molecule has 0 atom stereocenters. The highest BCUT2D eigenvalue weighted by atomic mass is 16.5. The first-order valence-electron chi connectivity index (χ1n) is 6.92. The molecular formula is C14H25N3O. The molecule has 0 unspecified atom stereocenters. The van der Waals surface area contributed by atoms with Gasteiger partial charge in [-0.3, -0.25) is 4.68 Å². The molecule has 4 heteroatoms. The summed E-state index contributed by atoms with van der Waals surface area (Å²) in [5, 5.41) is 7.98. The van der Waals surface area contributed by atoms with Crippen molar-refractivity contribution in [1.29, 1.82) is 0 Å². The van der Waals surface area contributed by atoms with Crippen LogP contribution >= 0.6 is 0 Å². The highest BCUT2D eigenvalue weighted by Crippen LogP contribution is 2.34. The van der Waals surface area contributed by atoms with Crippen LogP contribution in [-0.4, -0.2) is 29.5 Å². The summed E-state index contributed by atoms with van der Waals surface area (Å²) in [5.74, 6) is 0.910. The Morgan fingerprint density at radius 2 is 2.22 bits per heavy atom. The Bertz CT molecular complexity index is 372. The number of ether oxygens (including phenoxy) is 1. The second-order valence-electron chi connectivity index (χ2n) is 5.74. The van der Waals surface area contributed by atoms with Crippen molar-refractivity contribution in [1.82, 2.24) is 15.1 Å². The van der Waals surface area contributed by atoms with Crippen molar-refractivity contribution >= 4 is 0 Å². The molecule has 0 radical (unpaired) electrons. The molecule has 1 N–H and O–H groups in total. The molecule has 4 nitrogen and oxygen atoms in total. The predicted octanol–water partition coefficient (Wildman–Crippen LogP) is 2.33. The van der Waals surface area contributed by atoms with Crippen LogP contribution in [0.4, 0.5) is 0 Å². The maximum Gasteiger partial charge on any atom is 0.160 e. The maximum atomic E-state index is 5.45. The number of hydrogen-bond donors (Lipinski definition) is 1. The van der Waals surface area contributed by atoms with Crippen LogP contribution in [0.15, 0.2) is 6.20 Å². The minimum absolute atomic E-state index is 0.0831. The van der Waals surface area contributed by atoms with Gasteiger partial charge in [0, 0.05) is 18.0 Å². The van der Waals surface area contributed by atoms with Crippen LogP contribution in [0, 0.1) is 0 Å². The number of rotatable bonds is 7. The molecule has 1 fully saturated rings. The fourth-order valence-electron chi connectivity index (χ4n) is 2.43. The normalized spacial score (nSPS) is 16.0. The van der Waals surface area contributed by atoms with E-state index >= 15 is 0 Å². The molecule has 1 aromatic heterocycles. The average Bonchev–Trinajstić information content (AvgIpc) is 3.05. The van der Waals surface area contributed by atoms with E-state index in [4.69, 9.17) is 4.74 Å². The molecule has 18 heavy (non-hydrogen) atoms.